The summed E-state index contributed by atoms with van der Waals surface area (Å²) in [7, 11) is 1.27. The van der Waals surface area contributed by atoms with E-state index < -0.39 is 20.0 Å². The molecule has 392 valence electrons. The number of phosphoric acid groups is 1. The zero-order valence-electron chi connectivity index (χ0n) is 44.7. The topological polar surface area (TPSA) is 108 Å². The molecule has 0 aromatic rings. The lowest BCUT2D eigenvalue weighted by molar-refractivity contribution is -0.870. The number of unbranched alkanes of at least 4 members (excludes halogenated alkanes) is 38. The summed E-state index contributed by atoms with van der Waals surface area (Å²) in [4.78, 5) is 25.5. The van der Waals surface area contributed by atoms with Crippen molar-refractivity contribution in [2.24, 2.45) is 0 Å². The van der Waals surface area contributed by atoms with Crippen molar-refractivity contribution < 1.29 is 32.9 Å². The number of allylic oxidation sites excluding steroid dienone is 3. The molecule has 0 aromatic heterocycles. The van der Waals surface area contributed by atoms with Crippen LogP contribution in [0, 0.1) is 0 Å². The first-order valence-corrected chi connectivity index (χ1v) is 30.2. The van der Waals surface area contributed by atoms with Gasteiger partial charge in [-0.25, -0.2) is 0 Å². The zero-order valence-corrected chi connectivity index (χ0v) is 45.6. The van der Waals surface area contributed by atoms with E-state index >= 15 is 0 Å². The van der Waals surface area contributed by atoms with Gasteiger partial charge in [0.05, 0.1) is 39.9 Å². The number of phosphoric ester groups is 1. The van der Waals surface area contributed by atoms with Gasteiger partial charge in [-0.1, -0.05) is 256 Å². The Hall–Kier alpha value is -1.02. The van der Waals surface area contributed by atoms with E-state index in [-0.39, 0.29) is 19.1 Å². The Bertz CT molecular complexity index is 1130. The molecule has 0 saturated carbocycles. The standard InChI is InChI=1S/C57H113N2O6P/c1-6-8-10-12-14-16-18-20-22-24-26-28-29-30-31-32-34-36-38-40-42-44-46-48-50-56(60)55(54-65-66(62,63)64-53-52-59(3,4)5)58-57(61)51-49-47-45-43-41-39-37-35-33-27-25-23-21-19-17-15-13-11-9-7-2/h27,33,48,50,55-56,60H,6-26,28-32,34-47,49,51-54H2,1-5H3,(H-,58,61,62,63)/b33-27-,50-48+. The summed E-state index contributed by atoms with van der Waals surface area (Å²) in [5.41, 5.74) is 0. The van der Waals surface area contributed by atoms with Gasteiger partial charge in [0.1, 0.15) is 13.2 Å². The molecule has 8 nitrogen and oxygen atoms in total. The van der Waals surface area contributed by atoms with Gasteiger partial charge in [0, 0.05) is 6.42 Å². The maximum Gasteiger partial charge on any atom is 0.268 e. The van der Waals surface area contributed by atoms with Crippen LogP contribution in [0.1, 0.15) is 284 Å². The van der Waals surface area contributed by atoms with Gasteiger partial charge in [0.2, 0.25) is 5.91 Å². The third kappa shape index (κ3) is 50.8. The summed E-state index contributed by atoms with van der Waals surface area (Å²) in [5.74, 6) is -0.198. The monoisotopic (exact) mass is 953 g/mol. The lowest BCUT2D eigenvalue weighted by atomic mass is 10.0. The molecule has 0 spiro atoms. The van der Waals surface area contributed by atoms with Crippen molar-refractivity contribution in [1.29, 1.82) is 0 Å². The van der Waals surface area contributed by atoms with Crippen LogP contribution in [-0.2, 0) is 18.4 Å². The predicted octanol–water partition coefficient (Wildman–Crippen LogP) is 16.6. The van der Waals surface area contributed by atoms with Gasteiger partial charge in [-0.3, -0.25) is 9.36 Å². The Labute approximate surface area is 411 Å². The molecule has 0 saturated heterocycles. The second kappa shape index (κ2) is 49.0. The van der Waals surface area contributed by atoms with Crippen LogP contribution in [0.5, 0.6) is 0 Å². The molecule has 0 aliphatic heterocycles. The number of carbonyl (C=O) groups excluding carboxylic acids is 1. The number of nitrogens with one attached hydrogen (secondary N) is 1. The molecule has 2 N–H and O–H groups in total. The minimum atomic E-state index is -4.60. The average molecular weight is 954 g/mol. The SMILES string of the molecule is CCCCCCCCCCC/C=C\CCCCCCCCCC(=O)NC(COP(=O)([O-])OCC[N+](C)(C)C)C(O)/C=C/CCCCCCCCCCCCCCCCCCCCCCCC. The van der Waals surface area contributed by atoms with Crippen molar-refractivity contribution in [1.82, 2.24) is 5.32 Å². The highest BCUT2D eigenvalue weighted by atomic mass is 31.2. The number of nitrogens with zero attached hydrogens (tertiary/aromatic N) is 1. The van der Waals surface area contributed by atoms with E-state index in [2.05, 4.69) is 31.3 Å². The maximum atomic E-state index is 13.0. The number of carbonyl (C=O) groups is 1. The summed E-state index contributed by atoms with van der Waals surface area (Å²) in [6, 6.07) is -0.887. The quantitative estimate of drug-likeness (QED) is 0.0272. The minimum Gasteiger partial charge on any atom is -0.756 e. The first kappa shape index (κ1) is 65.0. The molecule has 3 unspecified atom stereocenters. The van der Waals surface area contributed by atoms with Gasteiger partial charge in [0.15, 0.2) is 0 Å². The van der Waals surface area contributed by atoms with E-state index in [1.165, 1.54) is 225 Å². The fourth-order valence-electron chi connectivity index (χ4n) is 8.62. The number of aliphatic hydroxyl groups is 1. The normalized spacial score (nSPS) is 14.1. The van der Waals surface area contributed by atoms with Crippen LogP contribution >= 0.6 is 7.82 Å². The van der Waals surface area contributed by atoms with Crippen molar-refractivity contribution in [3.8, 4) is 0 Å². The van der Waals surface area contributed by atoms with Crippen molar-refractivity contribution >= 4 is 13.7 Å². The largest absolute Gasteiger partial charge is 0.756 e. The molecule has 0 rings (SSSR count). The smallest absolute Gasteiger partial charge is 0.268 e. The second-order valence-corrected chi connectivity index (χ2v) is 22.4. The summed E-state index contributed by atoms with van der Waals surface area (Å²) < 4.78 is 23.4. The molecule has 66 heavy (non-hydrogen) atoms. The van der Waals surface area contributed by atoms with Gasteiger partial charge < -0.3 is 28.8 Å². The number of hydrogen-bond donors (Lipinski definition) is 2. The number of likely N-dealkylation sites (N-methyl/N-ethyl adjacent to an activating group) is 1. The first-order valence-electron chi connectivity index (χ1n) is 28.7. The van der Waals surface area contributed by atoms with Crippen LogP contribution in [0.2, 0.25) is 0 Å². The van der Waals surface area contributed by atoms with Gasteiger partial charge in [-0.05, 0) is 44.9 Å². The Kier molecular flexibility index (Phi) is 48.2. The first-order chi connectivity index (χ1) is 32.0. The molecule has 0 heterocycles. The van der Waals surface area contributed by atoms with Crippen LogP contribution in [0.25, 0.3) is 0 Å². The molecular formula is C57H113N2O6P. The van der Waals surface area contributed by atoms with Crippen molar-refractivity contribution in [2.75, 3.05) is 40.9 Å². The maximum absolute atomic E-state index is 13.0. The fraction of sp³-hybridized carbons (Fsp3) is 0.912. The summed E-state index contributed by atoms with van der Waals surface area (Å²) in [6.07, 6.45) is 61.0. The van der Waals surface area contributed by atoms with Crippen LogP contribution in [-0.4, -0.2) is 68.5 Å². The number of aliphatic hydroxyl groups excluding tert-OH is 1. The third-order valence-electron chi connectivity index (χ3n) is 13.2. The molecular weight excluding hydrogens is 840 g/mol. The van der Waals surface area contributed by atoms with Gasteiger partial charge in [-0.2, -0.15) is 0 Å². The molecule has 0 aliphatic carbocycles. The fourth-order valence-corrected chi connectivity index (χ4v) is 9.34. The number of hydrogen-bond acceptors (Lipinski definition) is 6. The van der Waals surface area contributed by atoms with Crippen LogP contribution in [0.4, 0.5) is 0 Å². The van der Waals surface area contributed by atoms with Gasteiger partial charge in [-0.15, -0.1) is 0 Å². The van der Waals surface area contributed by atoms with E-state index in [4.69, 9.17) is 9.05 Å². The highest BCUT2D eigenvalue weighted by Crippen LogP contribution is 2.38. The van der Waals surface area contributed by atoms with Crippen molar-refractivity contribution in [3.63, 3.8) is 0 Å². The number of quaternary nitrogens is 1. The minimum absolute atomic E-state index is 0.000213. The van der Waals surface area contributed by atoms with Gasteiger partial charge >= 0.3 is 0 Å². The molecule has 0 aromatic carbocycles. The highest BCUT2D eigenvalue weighted by molar-refractivity contribution is 7.45. The van der Waals surface area contributed by atoms with Crippen LogP contribution < -0.4 is 10.2 Å². The Morgan fingerprint density at radius 1 is 0.515 bits per heavy atom. The van der Waals surface area contributed by atoms with E-state index in [1.807, 2.05) is 27.2 Å². The summed E-state index contributed by atoms with van der Waals surface area (Å²) in [5, 5.41) is 13.9. The van der Waals surface area contributed by atoms with E-state index in [9.17, 15) is 19.4 Å². The summed E-state index contributed by atoms with van der Waals surface area (Å²) in [6.45, 7) is 4.69. The lowest BCUT2D eigenvalue weighted by Gasteiger charge is -2.29. The lowest BCUT2D eigenvalue weighted by Crippen LogP contribution is -2.45. The predicted molar refractivity (Wildman–Crippen MR) is 284 cm³/mol. The Morgan fingerprint density at radius 3 is 1.18 bits per heavy atom. The molecule has 0 fully saturated rings. The zero-order chi connectivity index (χ0) is 48.5. The van der Waals surface area contributed by atoms with Crippen LogP contribution in [0.15, 0.2) is 24.3 Å². The van der Waals surface area contributed by atoms with Crippen molar-refractivity contribution in [2.45, 2.75) is 296 Å². The number of amides is 1. The average Bonchev–Trinajstić information content (AvgIpc) is 3.28. The molecule has 1 amide bonds. The van der Waals surface area contributed by atoms with Gasteiger partial charge in [0.25, 0.3) is 7.82 Å². The number of rotatable bonds is 53. The Balaban J connectivity index is 4.22. The highest BCUT2D eigenvalue weighted by Gasteiger charge is 2.23. The molecule has 0 bridgehead atoms. The Morgan fingerprint density at radius 2 is 0.833 bits per heavy atom. The molecule has 0 aliphatic rings. The third-order valence-corrected chi connectivity index (χ3v) is 14.1. The van der Waals surface area contributed by atoms with E-state index in [0.29, 0.717) is 17.4 Å². The second-order valence-electron chi connectivity index (χ2n) is 21.0. The molecule has 9 heteroatoms. The van der Waals surface area contributed by atoms with E-state index in [0.717, 1.165) is 38.5 Å². The van der Waals surface area contributed by atoms with Crippen LogP contribution in [0.3, 0.4) is 0 Å². The van der Waals surface area contributed by atoms with Crippen molar-refractivity contribution in [3.05, 3.63) is 24.3 Å². The summed E-state index contributed by atoms with van der Waals surface area (Å²) >= 11 is 0. The van der Waals surface area contributed by atoms with E-state index in [1.54, 1.807) is 6.08 Å². The molecule has 3 atom stereocenters. The molecule has 0 radical (unpaired) electrons.